The van der Waals surface area contributed by atoms with Gasteiger partial charge in [-0.3, -0.25) is 9.59 Å². The molecule has 0 aliphatic heterocycles. The lowest BCUT2D eigenvalue weighted by Gasteiger charge is -2.35. The van der Waals surface area contributed by atoms with Gasteiger partial charge in [-0.2, -0.15) is 0 Å². The molecule has 0 aromatic heterocycles. The van der Waals surface area contributed by atoms with Crippen LogP contribution in [0.5, 0.6) is 5.75 Å². The third-order valence-electron chi connectivity index (χ3n) is 3.10. The minimum Gasteiger partial charge on any atom is -0.482 e. The van der Waals surface area contributed by atoms with Crippen LogP contribution in [0.1, 0.15) is 27.7 Å². The Kier molecular flexibility index (Phi) is 7.16. The zero-order valence-corrected chi connectivity index (χ0v) is 15.3. The number of hydrogen-bond acceptors (Lipinski definition) is 3. The summed E-state index contributed by atoms with van der Waals surface area (Å²) in [6.45, 7) is 7.99. The van der Waals surface area contributed by atoms with E-state index in [-0.39, 0.29) is 24.0 Å². The second-order valence-electron chi connectivity index (χ2n) is 6.05. The first-order chi connectivity index (χ1) is 10.6. The topological polar surface area (TPSA) is 58.6 Å². The van der Waals surface area contributed by atoms with E-state index in [1.165, 1.54) is 6.92 Å². The SMILES string of the molecule is CC(=O)N(CCNC(=O)COc1ccc(Cl)cc1Cl)C(C)(C)C. The Morgan fingerprint density at radius 3 is 2.43 bits per heavy atom. The summed E-state index contributed by atoms with van der Waals surface area (Å²) in [7, 11) is 0. The Morgan fingerprint density at radius 1 is 1.26 bits per heavy atom. The van der Waals surface area contributed by atoms with Crippen molar-refractivity contribution in [3.05, 3.63) is 28.2 Å². The fourth-order valence-corrected chi connectivity index (χ4v) is 2.52. The molecule has 2 amide bonds. The van der Waals surface area contributed by atoms with Gasteiger partial charge in [-0.05, 0) is 39.0 Å². The molecule has 1 aromatic rings. The standard InChI is InChI=1S/C16H22Cl2N2O3/c1-11(21)20(16(2,3)4)8-7-19-15(22)10-23-14-6-5-12(17)9-13(14)18/h5-6,9H,7-8,10H2,1-4H3,(H,19,22). The van der Waals surface area contributed by atoms with Crippen LogP contribution in [0.3, 0.4) is 0 Å². The molecule has 128 valence electrons. The molecule has 1 rings (SSSR count). The summed E-state index contributed by atoms with van der Waals surface area (Å²) in [5.74, 6) is 0.0793. The lowest BCUT2D eigenvalue weighted by Crippen LogP contribution is -2.48. The van der Waals surface area contributed by atoms with Gasteiger partial charge in [-0.25, -0.2) is 0 Å². The Balaban J connectivity index is 2.41. The number of carbonyl (C=O) groups excluding carboxylic acids is 2. The molecule has 0 fully saturated rings. The summed E-state index contributed by atoms with van der Waals surface area (Å²) in [4.78, 5) is 25.1. The molecule has 5 nitrogen and oxygen atoms in total. The van der Waals surface area contributed by atoms with E-state index in [4.69, 9.17) is 27.9 Å². The number of nitrogens with zero attached hydrogens (tertiary/aromatic N) is 1. The van der Waals surface area contributed by atoms with Crippen LogP contribution in [0.2, 0.25) is 10.0 Å². The monoisotopic (exact) mass is 360 g/mol. The molecule has 0 saturated heterocycles. The summed E-state index contributed by atoms with van der Waals surface area (Å²) >= 11 is 11.7. The molecule has 1 N–H and O–H groups in total. The van der Waals surface area contributed by atoms with Crippen LogP contribution in [0.25, 0.3) is 0 Å². The number of ether oxygens (including phenoxy) is 1. The molecular formula is C16H22Cl2N2O3. The van der Waals surface area contributed by atoms with Crippen LogP contribution < -0.4 is 10.1 Å². The molecule has 0 heterocycles. The predicted molar refractivity (Wildman–Crippen MR) is 92.1 cm³/mol. The summed E-state index contributed by atoms with van der Waals surface area (Å²) in [5, 5.41) is 3.56. The van der Waals surface area contributed by atoms with E-state index < -0.39 is 0 Å². The van der Waals surface area contributed by atoms with Crippen molar-refractivity contribution in [2.24, 2.45) is 0 Å². The highest BCUT2D eigenvalue weighted by atomic mass is 35.5. The van der Waals surface area contributed by atoms with Gasteiger partial charge < -0.3 is 15.0 Å². The molecule has 0 unspecified atom stereocenters. The first-order valence-corrected chi connectivity index (χ1v) is 7.99. The quantitative estimate of drug-likeness (QED) is 0.847. The van der Waals surface area contributed by atoms with E-state index >= 15 is 0 Å². The maximum atomic E-state index is 11.8. The molecule has 1 aromatic carbocycles. The van der Waals surface area contributed by atoms with Gasteiger partial charge in [0.2, 0.25) is 5.91 Å². The van der Waals surface area contributed by atoms with Crippen molar-refractivity contribution in [2.75, 3.05) is 19.7 Å². The van der Waals surface area contributed by atoms with Gasteiger partial charge in [0.05, 0.1) is 5.02 Å². The number of amides is 2. The van der Waals surface area contributed by atoms with E-state index in [0.29, 0.717) is 28.9 Å². The van der Waals surface area contributed by atoms with Crippen molar-refractivity contribution in [3.63, 3.8) is 0 Å². The minimum absolute atomic E-state index is 0.0315. The molecule has 23 heavy (non-hydrogen) atoms. The van der Waals surface area contributed by atoms with Gasteiger partial charge in [0, 0.05) is 30.6 Å². The number of carbonyl (C=O) groups is 2. The Hall–Kier alpha value is -1.46. The molecule has 0 atom stereocenters. The van der Waals surface area contributed by atoms with Crippen LogP contribution in [0, 0.1) is 0 Å². The normalized spacial score (nSPS) is 11.0. The lowest BCUT2D eigenvalue weighted by molar-refractivity contribution is -0.134. The van der Waals surface area contributed by atoms with Crippen molar-refractivity contribution >= 4 is 35.0 Å². The predicted octanol–water partition coefficient (Wildman–Crippen LogP) is 3.14. The largest absolute Gasteiger partial charge is 0.482 e. The molecule has 0 bridgehead atoms. The van der Waals surface area contributed by atoms with Crippen molar-refractivity contribution in [3.8, 4) is 5.75 Å². The zero-order chi connectivity index (χ0) is 17.6. The lowest BCUT2D eigenvalue weighted by atomic mass is 10.1. The molecule has 0 aliphatic carbocycles. The van der Waals surface area contributed by atoms with Crippen molar-refractivity contribution in [1.29, 1.82) is 0 Å². The fraction of sp³-hybridized carbons (Fsp3) is 0.500. The molecule has 0 saturated carbocycles. The van der Waals surface area contributed by atoms with Gasteiger partial charge in [0.25, 0.3) is 5.91 Å². The van der Waals surface area contributed by atoms with Crippen LogP contribution in [0.4, 0.5) is 0 Å². The van der Waals surface area contributed by atoms with Gasteiger partial charge >= 0.3 is 0 Å². The fourth-order valence-electron chi connectivity index (χ4n) is 2.06. The first kappa shape index (κ1) is 19.6. The molecule has 0 spiro atoms. The zero-order valence-electron chi connectivity index (χ0n) is 13.8. The number of nitrogens with one attached hydrogen (secondary N) is 1. The third kappa shape index (κ3) is 6.67. The minimum atomic E-state index is -0.288. The van der Waals surface area contributed by atoms with E-state index in [0.717, 1.165) is 0 Å². The number of halogens is 2. The third-order valence-corrected chi connectivity index (χ3v) is 3.63. The summed E-state index contributed by atoms with van der Waals surface area (Å²) < 4.78 is 5.34. The second kappa shape index (κ2) is 8.41. The van der Waals surface area contributed by atoms with Crippen molar-refractivity contribution < 1.29 is 14.3 Å². The Bertz CT molecular complexity index is 571. The van der Waals surface area contributed by atoms with Gasteiger partial charge in [0.1, 0.15) is 5.75 Å². The van der Waals surface area contributed by atoms with Gasteiger partial charge in [-0.1, -0.05) is 23.2 Å². The van der Waals surface area contributed by atoms with Gasteiger partial charge in [-0.15, -0.1) is 0 Å². The van der Waals surface area contributed by atoms with Crippen LogP contribution in [-0.4, -0.2) is 41.9 Å². The highest BCUT2D eigenvalue weighted by molar-refractivity contribution is 6.35. The van der Waals surface area contributed by atoms with Crippen LogP contribution >= 0.6 is 23.2 Å². The van der Waals surface area contributed by atoms with E-state index in [1.807, 2.05) is 20.8 Å². The molecular weight excluding hydrogens is 339 g/mol. The smallest absolute Gasteiger partial charge is 0.258 e. The Labute approximate surface area is 146 Å². The van der Waals surface area contributed by atoms with Crippen molar-refractivity contribution in [2.45, 2.75) is 33.2 Å². The van der Waals surface area contributed by atoms with Crippen LogP contribution in [0.15, 0.2) is 18.2 Å². The second-order valence-corrected chi connectivity index (χ2v) is 6.90. The summed E-state index contributed by atoms with van der Waals surface area (Å²) in [5.41, 5.74) is -0.288. The molecule has 0 aliphatic rings. The van der Waals surface area contributed by atoms with Crippen LogP contribution in [-0.2, 0) is 9.59 Å². The summed E-state index contributed by atoms with van der Waals surface area (Å²) in [6.07, 6.45) is 0. The van der Waals surface area contributed by atoms with E-state index in [1.54, 1.807) is 23.1 Å². The average Bonchev–Trinajstić information content (AvgIpc) is 2.40. The van der Waals surface area contributed by atoms with E-state index in [9.17, 15) is 9.59 Å². The van der Waals surface area contributed by atoms with Crippen molar-refractivity contribution in [1.82, 2.24) is 10.2 Å². The molecule has 7 heteroatoms. The maximum absolute atomic E-state index is 11.8. The highest BCUT2D eigenvalue weighted by Gasteiger charge is 2.23. The number of rotatable bonds is 6. The van der Waals surface area contributed by atoms with E-state index in [2.05, 4.69) is 5.32 Å². The maximum Gasteiger partial charge on any atom is 0.258 e. The number of benzene rings is 1. The highest BCUT2D eigenvalue weighted by Crippen LogP contribution is 2.27. The average molecular weight is 361 g/mol. The molecule has 0 radical (unpaired) electrons. The summed E-state index contributed by atoms with van der Waals surface area (Å²) in [6, 6.07) is 4.79. The Morgan fingerprint density at radius 2 is 1.91 bits per heavy atom. The van der Waals surface area contributed by atoms with Gasteiger partial charge in [0.15, 0.2) is 6.61 Å². The number of hydrogen-bond donors (Lipinski definition) is 1. The first-order valence-electron chi connectivity index (χ1n) is 7.24.